The predicted octanol–water partition coefficient (Wildman–Crippen LogP) is 4.26. The number of amides is 1. The topological polar surface area (TPSA) is 84.0 Å². The van der Waals surface area contributed by atoms with Crippen LogP contribution in [0.2, 0.25) is 0 Å². The van der Waals surface area contributed by atoms with Crippen molar-refractivity contribution in [3.8, 4) is 0 Å². The van der Waals surface area contributed by atoms with Crippen molar-refractivity contribution in [3.63, 3.8) is 0 Å². The van der Waals surface area contributed by atoms with E-state index in [-0.39, 0.29) is 42.1 Å². The van der Waals surface area contributed by atoms with Crippen LogP contribution >= 0.6 is 24.0 Å². The van der Waals surface area contributed by atoms with E-state index in [1.54, 1.807) is 7.05 Å². The highest BCUT2D eigenvalue weighted by Crippen LogP contribution is 2.17. The number of carbonyl (C=O) groups is 1. The maximum atomic E-state index is 12.2. The fraction of sp³-hybridized carbons (Fsp3) is 0.440. The van der Waals surface area contributed by atoms with Crippen molar-refractivity contribution in [1.82, 2.24) is 10.6 Å². The Morgan fingerprint density at radius 1 is 1.18 bits per heavy atom. The zero-order valence-corrected chi connectivity index (χ0v) is 21.7. The molecule has 1 fully saturated rings. The molecule has 1 amide bonds. The Morgan fingerprint density at radius 2 is 2.00 bits per heavy atom. The fourth-order valence-corrected chi connectivity index (χ4v) is 3.53. The normalized spacial score (nSPS) is 16.5. The van der Waals surface area contributed by atoms with Crippen LogP contribution in [0.15, 0.2) is 59.6 Å². The van der Waals surface area contributed by atoms with E-state index in [0.29, 0.717) is 19.8 Å². The van der Waals surface area contributed by atoms with Gasteiger partial charge in [-0.15, -0.1) is 24.0 Å². The number of carbonyl (C=O) groups excluding carboxylic acids is 1. The smallest absolute Gasteiger partial charge is 0.253 e. The van der Waals surface area contributed by atoms with Gasteiger partial charge in [-0.2, -0.15) is 0 Å². The van der Waals surface area contributed by atoms with Crippen molar-refractivity contribution in [2.45, 2.75) is 44.9 Å². The van der Waals surface area contributed by atoms with Crippen LogP contribution in [-0.2, 0) is 20.8 Å². The van der Waals surface area contributed by atoms with Crippen molar-refractivity contribution in [3.05, 3.63) is 65.7 Å². The minimum Gasteiger partial charge on any atom is -0.374 e. The van der Waals surface area contributed by atoms with Crippen LogP contribution in [0.3, 0.4) is 0 Å². The first kappa shape index (κ1) is 27.1. The molecule has 1 heterocycles. The molecule has 0 spiro atoms. The maximum absolute atomic E-state index is 12.2. The number of halogens is 1. The quantitative estimate of drug-likeness (QED) is 0.173. The Kier molecular flexibility index (Phi) is 12.2. The number of hydrogen-bond acceptors (Lipinski definition) is 4. The molecule has 1 aliphatic heterocycles. The highest BCUT2D eigenvalue weighted by Gasteiger charge is 2.23. The number of nitrogens with zero attached hydrogens (tertiary/aromatic N) is 1. The van der Waals surface area contributed by atoms with Gasteiger partial charge in [0.1, 0.15) is 6.10 Å². The number of rotatable bonds is 10. The second-order valence-electron chi connectivity index (χ2n) is 7.82. The Bertz CT molecular complexity index is 873. The van der Waals surface area contributed by atoms with E-state index >= 15 is 0 Å². The highest BCUT2D eigenvalue weighted by molar-refractivity contribution is 14.0. The van der Waals surface area contributed by atoms with Crippen molar-refractivity contribution in [1.29, 1.82) is 0 Å². The first-order valence-electron chi connectivity index (χ1n) is 11.3. The lowest BCUT2D eigenvalue weighted by Gasteiger charge is -2.15. The largest absolute Gasteiger partial charge is 0.374 e. The number of nitrogens with one attached hydrogen (secondary N) is 3. The molecule has 7 nitrogen and oxygen atoms in total. The van der Waals surface area contributed by atoms with Gasteiger partial charge < -0.3 is 25.4 Å². The van der Waals surface area contributed by atoms with Gasteiger partial charge in [-0.1, -0.05) is 42.5 Å². The second kappa shape index (κ2) is 14.9. The SMILES string of the molecule is CN=C(NCCCOC(C)c1ccccc1)NCc1cccc(NC(=O)C2CCCO2)c1.I. The van der Waals surface area contributed by atoms with Crippen LogP contribution in [0.4, 0.5) is 5.69 Å². The molecule has 0 saturated carbocycles. The number of ether oxygens (including phenoxy) is 2. The number of anilines is 1. The minimum atomic E-state index is -0.334. The van der Waals surface area contributed by atoms with Gasteiger partial charge in [0.15, 0.2) is 5.96 Å². The Hall–Kier alpha value is -2.17. The van der Waals surface area contributed by atoms with Crippen LogP contribution in [0.1, 0.15) is 43.4 Å². The molecule has 2 unspecified atom stereocenters. The zero-order valence-electron chi connectivity index (χ0n) is 19.4. The Morgan fingerprint density at radius 3 is 2.73 bits per heavy atom. The molecule has 33 heavy (non-hydrogen) atoms. The van der Waals surface area contributed by atoms with Crippen LogP contribution in [0, 0.1) is 0 Å². The molecule has 8 heteroatoms. The zero-order chi connectivity index (χ0) is 22.6. The number of benzene rings is 2. The molecule has 2 atom stereocenters. The first-order chi connectivity index (χ1) is 15.7. The van der Waals surface area contributed by atoms with Gasteiger partial charge in [-0.05, 0) is 49.4 Å². The predicted molar refractivity (Wildman–Crippen MR) is 143 cm³/mol. The van der Waals surface area contributed by atoms with E-state index < -0.39 is 0 Å². The van der Waals surface area contributed by atoms with Crippen LogP contribution < -0.4 is 16.0 Å². The van der Waals surface area contributed by atoms with Crippen molar-refractivity contribution >= 4 is 41.5 Å². The fourth-order valence-electron chi connectivity index (χ4n) is 3.53. The van der Waals surface area contributed by atoms with E-state index in [1.807, 2.05) is 42.5 Å². The van der Waals surface area contributed by atoms with E-state index in [1.165, 1.54) is 5.56 Å². The molecule has 0 radical (unpaired) electrons. The summed E-state index contributed by atoms with van der Waals surface area (Å²) in [5.74, 6) is 0.656. The molecule has 3 N–H and O–H groups in total. The van der Waals surface area contributed by atoms with Crippen molar-refractivity contribution in [2.24, 2.45) is 4.99 Å². The van der Waals surface area contributed by atoms with Crippen molar-refractivity contribution in [2.75, 3.05) is 32.1 Å². The highest BCUT2D eigenvalue weighted by atomic mass is 127. The third-order valence-corrected chi connectivity index (χ3v) is 5.35. The molecule has 2 aromatic carbocycles. The average Bonchev–Trinajstić information content (AvgIpc) is 3.37. The average molecular weight is 566 g/mol. The lowest BCUT2D eigenvalue weighted by atomic mass is 10.1. The van der Waals surface area contributed by atoms with Gasteiger partial charge in [0.05, 0.1) is 6.10 Å². The van der Waals surface area contributed by atoms with Gasteiger partial charge in [0.25, 0.3) is 5.91 Å². The molecule has 2 aromatic rings. The van der Waals surface area contributed by atoms with E-state index in [2.05, 4.69) is 40.0 Å². The molecule has 180 valence electrons. The number of aliphatic imine (C=N–C) groups is 1. The number of hydrogen-bond donors (Lipinski definition) is 3. The summed E-state index contributed by atoms with van der Waals surface area (Å²) in [5.41, 5.74) is 3.02. The van der Waals surface area contributed by atoms with Gasteiger partial charge in [0, 0.05) is 39.0 Å². The standard InChI is InChI=1S/C25H34N4O3.HI/c1-19(21-10-4-3-5-11-21)31-16-8-14-27-25(26-2)28-18-20-9-6-12-22(17-20)29-24(30)23-13-7-15-32-23;/h3-6,9-12,17,19,23H,7-8,13-16,18H2,1-2H3,(H,29,30)(H2,26,27,28);1H. The summed E-state index contributed by atoms with van der Waals surface area (Å²) in [5, 5.41) is 9.56. The summed E-state index contributed by atoms with van der Waals surface area (Å²) in [7, 11) is 1.75. The maximum Gasteiger partial charge on any atom is 0.253 e. The third-order valence-electron chi connectivity index (χ3n) is 5.35. The van der Waals surface area contributed by atoms with E-state index in [0.717, 1.165) is 43.0 Å². The second-order valence-corrected chi connectivity index (χ2v) is 7.82. The Labute approximate surface area is 213 Å². The third kappa shape index (κ3) is 9.30. The summed E-state index contributed by atoms with van der Waals surface area (Å²) in [6.45, 7) is 4.77. The van der Waals surface area contributed by atoms with Gasteiger partial charge in [-0.25, -0.2) is 0 Å². The summed E-state index contributed by atoms with van der Waals surface area (Å²) in [4.78, 5) is 16.5. The van der Waals surface area contributed by atoms with Crippen LogP contribution in [0.5, 0.6) is 0 Å². The summed E-state index contributed by atoms with van der Waals surface area (Å²) < 4.78 is 11.4. The molecule has 3 rings (SSSR count). The van der Waals surface area contributed by atoms with Crippen LogP contribution in [0.25, 0.3) is 0 Å². The summed E-state index contributed by atoms with van der Waals surface area (Å²) in [6.07, 6.45) is 2.35. The van der Waals surface area contributed by atoms with E-state index in [4.69, 9.17) is 9.47 Å². The minimum absolute atomic E-state index is 0. The molecule has 1 aliphatic rings. The molecular formula is C25H35IN4O3. The van der Waals surface area contributed by atoms with E-state index in [9.17, 15) is 4.79 Å². The molecular weight excluding hydrogens is 531 g/mol. The molecule has 0 bridgehead atoms. The molecule has 1 saturated heterocycles. The number of guanidine groups is 1. The van der Waals surface area contributed by atoms with Crippen molar-refractivity contribution < 1.29 is 14.3 Å². The molecule has 0 aliphatic carbocycles. The first-order valence-corrected chi connectivity index (χ1v) is 11.3. The van der Waals surface area contributed by atoms with Gasteiger partial charge in [-0.3, -0.25) is 9.79 Å². The Balaban J connectivity index is 0.00000385. The monoisotopic (exact) mass is 566 g/mol. The lowest BCUT2D eigenvalue weighted by molar-refractivity contribution is -0.124. The molecule has 0 aromatic heterocycles. The summed E-state index contributed by atoms with van der Waals surface area (Å²) in [6, 6.07) is 18.0. The van der Waals surface area contributed by atoms with Gasteiger partial charge >= 0.3 is 0 Å². The lowest BCUT2D eigenvalue weighted by Crippen LogP contribution is -2.37. The van der Waals surface area contributed by atoms with Crippen LogP contribution in [-0.4, -0.2) is 44.8 Å². The van der Waals surface area contributed by atoms with Gasteiger partial charge in [0.2, 0.25) is 0 Å². The summed E-state index contributed by atoms with van der Waals surface area (Å²) >= 11 is 0.